The minimum Gasteiger partial charge on any atom is -0.382 e. The molecule has 0 unspecified atom stereocenters. The van der Waals surface area contributed by atoms with Gasteiger partial charge in [-0.05, 0) is 6.07 Å². The van der Waals surface area contributed by atoms with E-state index in [-0.39, 0.29) is 6.07 Å². The van der Waals surface area contributed by atoms with Gasteiger partial charge in [0.25, 0.3) is 0 Å². The fourth-order valence-corrected chi connectivity index (χ4v) is 1.28. The fourth-order valence-electron chi connectivity index (χ4n) is 1.28. The Balaban J connectivity index is 3.40. The van der Waals surface area contributed by atoms with Crippen LogP contribution in [0.4, 0.5) is 17.6 Å². The van der Waals surface area contributed by atoms with E-state index in [0.717, 1.165) is 6.20 Å². The highest BCUT2D eigenvalue weighted by atomic mass is 19.2. The maximum Gasteiger partial charge on any atom is 0.208 e. The van der Waals surface area contributed by atoms with Gasteiger partial charge in [-0.1, -0.05) is 0 Å². The van der Waals surface area contributed by atoms with Crippen molar-refractivity contribution in [3.05, 3.63) is 46.7 Å². The van der Waals surface area contributed by atoms with Gasteiger partial charge >= 0.3 is 0 Å². The van der Waals surface area contributed by atoms with E-state index in [2.05, 4.69) is 0 Å². The highest BCUT2D eigenvalue weighted by Crippen LogP contribution is 2.21. The number of allylic oxidation sites excluding steroid dienone is 1. The van der Waals surface area contributed by atoms with Crippen molar-refractivity contribution in [2.75, 3.05) is 14.1 Å². The highest BCUT2D eigenvalue weighted by Gasteiger charge is 2.25. The number of nitrogens with zero attached hydrogens (tertiary/aromatic N) is 2. The molecular weight excluding hydrogens is 264 g/mol. The van der Waals surface area contributed by atoms with Crippen molar-refractivity contribution < 1.29 is 22.4 Å². The molecule has 0 radical (unpaired) electrons. The summed E-state index contributed by atoms with van der Waals surface area (Å²) in [6.07, 6.45) is 1.06. The topological polar surface area (TPSA) is 44.1 Å². The molecule has 1 aromatic rings. The fraction of sp³-hybridized carbons (Fsp3) is 0.167. The number of benzene rings is 1. The van der Waals surface area contributed by atoms with Crippen LogP contribution in [0.25, 0.3) is 0 Å². The van der Waals surface area contributed by atoms with Crippen LogP contribution in [0.1, 0.15) is 10.4 Å². The Kier molecular flexibility index (Phi) is 4.27. The standard InChI is InChI=1S/C12H8F4N2O/c1-18(2)5-6(4-17)12(19)7-3-8(13)10(15)11(16)9(7)14/h3,5H,1-2H3. The first-order valence-corrected chi connectivity index (χ1v) is 4.95. The van der Waals surface area contributed by atoms with Crippen LogP contribution in [0.15, 0.2) is 17.8 Å². The summed E-state index contributed by atoms with van der Waals surface area (Å²) >= 11 is 0. The zero-order chi connectivity index (χ0) is 14.7. The molecule has 0 spiro atoms. The Morgan fingerprint density at radius 2 is 1.79 bits per heavy atom. The van der Waals surface area contributed by atoms with E-state index in [1.807, 2.05) is 0 Å². The van der Waals surface area contributed by atoms with Gasteiger partial charge in [-0.3, -0.25) is 4.79 Å². The molecule has 0 bridgehead atoms. The van der Waals surface area contributed by atoms with Crippen LogP contribution in [-0.4, -0.2) is 24.8 Å². The summed E-state index contributed by atoms with van der Waals surface area (Å²) in [6, 6.07) is 1.70. The molecule has 3 nitrogen and oxygen atoms in total. The normalized spacial score (nSPS) is 11.1. The van der Waals surface area contributed by atoms with Gasteiger partial charge in [0.1, 0.15) is 11.6 Å². The van der Waals surface area contributed by atoms with Gasteiger partial charge in [0.2, 0.25) is 5.78 Å². The number of halogens is 4. The van der Waals surface area contributed by atoms with Gasteiger partial charge < -0.3 is 4.90 Å². The lowest BCUT2D eigenvalue weighted by molar-refractivity contribution is 0.103. The van der Waals surface area contributed by atoms with Crippen molar-refractivity contribution in [3.63, 3.8) is 0 Å². The number of Topliss-reactive ketones (excluding diaryl/α,β-unsaturated/α-hetero) is 1. The molecule has 0 heterocycles. The van der Waals surface area contributed by atoms with E-state index >= 15 is 0 Å². The van der Waals surface area contributed by atoms with Crippen LogP contribution >= 0.6 is 0 Å². The van der Waals surface area contributed by atoms with Crippen molar-refractivity contribution in [1.29, 1.82) is 5.26 Å². The third-order valence-corrected chi connectivity index (χ3v) is 2.10. The average molecular weight is 272 g/mol. The number of rotatable bonds is 3. The Bertz CT molecular complexity index is 603. The molecule has 0 aromatic heterocycles. The van der Waals surface area contributed by atoms with Gasteiger partial charge in [0, 0.05) is 20.3 Å². The number of carbonyl (C=O) groups excluding carboxylic acids is 1. The molecule has 0 aliphatic heterocycles. The number of hydrogen-bond acceptors (Lipinski definition) is 3. The molecule has 0 atom stereocenters. The molecule has 100 valence electrons. The molecular formula is C12H8F4N2O. The summed E-state index contributed by atoms with van der Waals surface area (Å²) in [4.78, 5) is 13.1. The molecule has 0 aliphatic rings. The summed E-state index contributed by atoms with van der Waals surface area (Å²) in [7, 11) is 2.99. The molecule has 1 aromatic carbocycles. The number of carbonyl (C=O) groups is 1. The molecule has 1 rings (SSSR count). The van der Waals surface area contributed by atoms with Gasteiger partial charge in [-0.15, -0.1) is 0 Å². The van der Waals surface area contributed by atoms with Crippen LogP contribution in [0.2, 0.25) is 0 Å². The third-order valence-electron chi connectivity index (χ3n) is 2.10. The Morgan fingerprint density at radius 3 is 2.26 bits per heavy atom. The SMILES string of the molecule is CN(C)C=C(C#N)C(=O)c1cc(F)c(F)c(F)c1F. The second-order valence-corrected chi connectivity index (χ2v) is 3.80. The van der Waals surface area contributed by atoms with Gasteiger partial charge in [-0.25, -0.2) is 17.6 Å². The lowest BCUT2D eigenvalue weighted by Crippen LogP contribution is -2.12. The predicted octanol–water partition coefficient (Wildman–Crippen LogP) is 2.39. The van der Waals surface area contributed by atoms with E-state index in [1.54, 1.807) is 0 Å². The summed E-state index contributed by atoms with van der Waals surface area (Å²) in [5.74, 6) is -8.87. The maximum atomic E-state index is 13.4. The molecule has 0 fully saturated rings. The van der Waals surface area contributed by atoms with Crippen molar-refractivity contribution >= 4 is 5.78 Å². The van der Waals surface area contributed by atoms with Gasteiger partial charge in [0.15, 0.2) is 23.3 Å². The van der Waals surface area contributed by atoms with Crippen molar-refractivity contribution in [2.24, 2.45) is 0 Å². The van der Waals surface area contributed by atoms with Crippen molar-refractivity contribution in [1.82, 2.24) is 4.90 Å². The summed E-state index contributed by atoms with van der Waals surface area (Å²) < 4.78 is 52.1. The number of ketones is 1. The second-order valence-electron chi connectivity index (χ2n) is 3.80. The zero-order valence-electron chi connectivity index (χ0n) is 9.97. The third kappa shape index (κ3) is 2.91. The first kappa shape index (κ1) is 14.7. The maximum absolute atomic E-state index is 13.4. The van der Waals surface area contributed by atoms with E-state index < -0.39 is 40.2 Å². The number of hydrogen-bond donors (Lipinski definition) is 0. The Hall–Kier alpha value is -2.36. The van der Waals surface area contributed by atoms with Crippen LogP contribution in [0.3, 0.4) is 0 Å². The van der Waals surface area contributed by atoms with E-state index in [1.165, 1.54) is 25.1 Å². The molecule has 0 aliphatic carbocycles. The van der Waals surface area contributed by atoms with Crippen molar-refractivity contribution in [2.45, 2.75) is 0 Å². The smallest absolute Gasteiger partial charge is 0.208 e. The lowest BCUT2D eigenvalue weighted by atomic mass is 10.0. The average Bonchev–Trinajstić information content (AvgIpc) is 2.36. The van der Waals surface area contributed by atoms with Crippen LogP contribution < -0.4 is 0 Å². The van der Waals surface area contributed by atoms with Crippen LogP contribution in [-0.2, 0) is 0 Å². The first-order chi connectivity index (χ1) is 8.79. The zero-order valence-corrected chi connectivity index (χ0v) is 9.97. The Morgan fingerprint density at radius 1 is 1.21 bits per heavy atom. The molecule has 7 heteroatoms. The summed E-state index contributed by atoms with van der Waals surface area (Å²) in [6.45, 7) is 0. The van der Waals surface area contributed by atoms with Gasteiger partial charge in [-0.2, -0.15) is 5.26 Å². The van der Waals surface area contributed by atoms with E-state index in [9.17, 15) is 22.4 Å². The monoisotopic (exact) mass is 272 g/mol. The first-order valence-electron chi connectivity index (χ1n) is 4.95. The molecule has 0 amide bonds. The largest absolute Gasteiger partial charge is 0.382 e. The lowest BCUT2D eigenvalue weighted by Gasteiger charge is -2.07. The minimum atomic E-state index is -2.09. The highest BCUT2D eigenvalue weighted by molar-refractivity contribution is 6.11. The number of nitriles is 1. The Labute approximate surface area is 106 Å². The molecule has 19 heavy (non-hydrogen) atoms. The van der Waals surface area contributed by atoms with E-state index in [4.69, 9.17) is 5.26 Å². The quantitative estimate of drug-likeness (QED) is 0.212. The van der Waals surface area contributed by atoms with Crippen LogP contribution in [0.5, 0.6) is 0 Å². The minimum absolute atomic E-state index is 0.219. The molecule has 0 N–H and O–H groups in total. The molecule has 0 saturated carbocycles. The van der Waals surface area contributed by atoms with Crippen molar-refractivity contribution in [3.8, 4) is 6.07 Å². The summed E-state index contributed by atoms with van der Waals surface area (Å²) in [5.41, 5.74) is -1.57. The molecule has 0 saturated heterocycles. The van der Waals surface area contributed by atoms with E-state index in [0.29, 0.717) is 0 Å². The van der Waals surface area contributed by atoms with Crippen LogP contribution in [0, 0.1) is 34.6 Å². The van der Waals surface area contributed by atoms with Gasteiger partial charge in [0.05, 0.1) is 5.56 Å². The second kappa shape index (κ2) is 5.52. The summed E-state index contributed by atoms with van der Waals surface area (Å²) in [5, 5.41) is 8.74. The predicted molar refractivity (Wildman–Crippen MR) is 58.0 cm³/mol.